The summed E-state index contributed by atoms with van der Waals surface area (Å²) in [4.78, 5) is 12.1. The van der Waals surface area contributed by atoms with Gasteiger partial charge in [0.1, 0.15) is 12.0 Å². The molecule has 0 aliphatic rings. The molecular weight excluding hydrogens is 262 g/mol. The molecule has 0 aliphatic carbocycles. The Labute approximate surface area is 113 Å². The zero-order valence-electron chi connectivity index (χ0n) is 9.72. The second kappa shape index (κ2) is 3.83. The van der Waals surface area contributed by atoms with E-state index < -0.39 is 0 Å². The highest BCUT2D eigenvalue weighted by Gasteiger charge is 2.14. The van der Waals surface area contributed by atoms with Gasteiger partial charge in [0.15, 0.2) is 5.76 Å². The third-order valence-corrected chi connectivity index (χ3v) is 3.27. The van der Waals surface area contributed by atoms with Crippen LogP contribution in [0.5, 0.6) is 0 Å². The monoisotopic (exact) mass is 269 g/mol. The average molecular weight is 270 g/mol. The summed E-state index contributed by atoms with van der Waals surface area (Å²) in [5.74, 6) is 0.630. The lowest BCUT2D eigenvalue weighted by atomic mass is 10.1. The molecule has 1 aromatic carbocycles. The van der Waals surface area contributed by atoms with Gasteiger partial charge in [-0.1, -0.05) is 29.8 Å². The van der Waals surface area contributed by atoms with Gasteiger partial charge in [0.05, 0.1) is 27.9 Å². The predicted octanol–water partition coefficient (Wildman–Crippen LogP) is 4.02. The fraction of sp³-hybridized carbons (Fsp3) is 0. The van der Waals surface area contributed by atoms with Crippen LogP contribution >= 0.6 is 11.6 Å². The summed E-state index contributed by atoms with van der Waals surface area (Å²) in [6.07, 6.45) is 3.16. The van der Waals surface area contributed by atoms with Crippen LogP contribution in [0.1, 0.15) is 0 Å². The summed E-state index contributed by atoms with van der Waals surface area (Å²) >= 11 is 5.91. The number of fused-ring (bicyclic) bond motifs is 3. The van der Waals surface area contributed by atoms with Crippen molar-refractivity contribution in [3.8, 4) is 11.5 Å². The summed E-state index contributed by atoms with van der Waals surface area (Å²) in [7, 11) is 0. The fourth-order valence-corrected chi connectivity index (χ4v) is 2.39. The third kappa shape index (κ3) is 1.54. The average Bonchev–Trinajstić information content (AvgIpc) is 3.06. The van der Waals surface area contributed by atoms with Gasteiger partial charge in [0.25, 0.3) is 0 Å². The van der Waals surface area contributed by atoms with Gasteiger partial charge in [-0.3, -0.25) is 0 Å². The van der Waals surface area contributed by atoms with Crippen molar-refractivity contribution >= 4 is 33.5 Å². The summed E-state index contributed by atoms with van der Waals surface area (Å²) in [5, 5.41) is 1.57. The van der Waals surface area contributed by atoms with E-state index in [0.717, 1.165) is 27.6 Å². The smallest absolute Gasteiger partial charge is 0.156 e. The maximum atomic E-state index is 5.91. The third-order valence-electron chi connectivity index (χ3n) is 3.07. The standard InChI is InChI=1S/C14H8ClN3O/c15-8-5-11(19-6-8)13-14-12(16-7-17-14)9-3-1-2-4-10(9)18-13/h1-7H,(H,16,17). The fourth-order valence-electron chi connectivity index (χ4n) is 2.24. The van der Waals surface area contributed by atoms with Crippen molar-refractivity contribution in [3.05, 3.63) is 47.9 Å². The van der Waals surface area contributed by atoms with Gasteiger partial charge in [-0.15, -0.1) is 0 Å². The van der Waals surface area contributed by atoms with Crippen molar-refractivity contribution in [1.29, 1.82) is 0 Å². The van der Waals surface area contributed by atoms with Crippen molar-refractivity contribution in [2.45, 2.75) is 0 Å². The molecule has 0 aliphatic heterocycles. The van der Waals surface area contributed by atoms with E-state index in [1.165, 1.54) is 6.26 Å². The Bertz CT molecular complexity index is 894. The predicted molar refractivity (Wildman–Crippen MR) is 74.1 cm³/mol. The lowest BCUT2D eigenvalue weighted by Crippen LogP contribution is -1.87. The Hall–Kier alpha value is -2.33. The van der Waals surface area contributed by atoms with E-state index in [0.29, 0.717) is 10.8 Å². The zero-order chi connectivity index (χ0) is 12.8. The molecule has 0 saturated heterocycles. The number of para-hydroxylation sites is 1. The number of aromatic amines is 1. The van der Waals surface area contributed by atoms with Crippen LogP contribution in [-0.2, 0) is 0 Å². The molecule has 3 aromatic heterocycles. The number of H-pyrrole nitrogens is 1. The first kappa shape index (κ1) is 10.6. The van der Waals surface area contributed by atoms with Gasteiger partial charge in [-0.05, 0) is 6.07 Å². The van der Waals surface area contributed by atoms with Crippen molar-refractivity contribution < 1.29 is 4.42 Å². The van der Waals surface area contributed by atoms with Crippen LogP contribution in [0.15, 0.2) is 47.3 Å². The topological polar surface area (TPSA) is 54.7 Å². The van der Waals surface area contributed by atoms with Crippen LogP contribution in [0.3, 0.4) is 0 Å². The molecule has 4 nitrogen and oxygen atoms in total. The van der Waals surface area contributed by atoms with Crippen LogP contribution in [0, 0.1) is 0 Å². The molecule has 0 atom stereocenters. The van der Waals surface area contributed by atoms with Gasteiger partial charge in [0, 0.05) is 11.5 Å². The van der Waals surface area contributed by atoms with Gasteiger partial charge in [-0.25, -0.2) is 9.97 Å². The molecule has 19 heavy (non-hydrogen) atoms. The molecule has 5 heteroatoms. The van der Waals surface area contributed by atoms with E-state index in [4.69, 9.17) is 16.0 Å². The van der Waals surface area contributed by atoms with Crippen LogP contribution in [0.25, 0.3) is 33.4 Å². The maximum Gasteiger partial charge on any atom is 0.156 e. The number of aromatic nitrogens is 3. The molecule has 0 unspecified atom stereocenters. The summed E-state index contributed by atoms with van der Waals surface area (Å²) in [6, 6.07) is 9.63. The van der Waals surface area contributed by atoms with Gasteiger partial charge in [-0.2, -0.15) is 0 Å². The van der Waals surface area contributed by atoms with Gasteiger partial charge >= 0.3 is 0 Å². The highest BCUT2D eigenvalue weighted by molar-refractivity contribution is 6.30. The van der Waals surface area contributed by atoms with Crippen molar-refractivity contribution in [1.82, 2.24) is 15.0 Å². The largest absolute Gasteiger partial charge is 0.461 e. The zero-order valence-corrected chi connectivity index (χ0v) is 10.5. The van der Waals surface area contributed by atoms with E-state index >= 15 is 0 Å². The second-order valence-corrected chi connectivity index (χ2v) is 4.67. The first-order valence-corrected chi connectivity index (χ1v) is 6.17. The first-order chi connectivity index (χ1) is 9.33. The molecule has 0 spiro atoms. The van der Waals surface area contributed by atoms with Crippen molar-refractivity contribution in [3.63, 3.8) is 0 Å². The van der Waals surface area contributed by atoms with Crippen LogP contribution < -0.4 is 0 Å². The summed E-state index contributed by atoms with van der Waals surface area (Å²) in [6.45, 7) is 0. The first-order valence-electron chi connectivity index (χ1n) is 5.79. The number of furan rings is 1. The molecule has 0 amide bonds. The molecule has 0 saturated carbocycles. The minimum absolute atomic E-state index is 0.553. The number of benzene rings is 1. The number of nitrogens with one attached hydrogen (secondary N) is 1. The quantitative estimate of drug-likeness (QED) is 0.568. The Morgan fingerprint density at radius 3 is 2.95 bits per heavy atom. The molecule has 4 rings (SSSR count). The lowest BCUT2D eigenvalue weighted by molar-refractivity contribution is 0.581. The molecule has 0 fully saturated rings. The Morgan fingerprint density at radius 1 is 1.21 bits per heavy atom. The Kier molecular flexibility index (Phi) is 2.13. The molecule has 0 bridgehead atoms. The molecule has 92 valence electrons. The molecular formula is C14H8ClN3O. The van der Waals surface area contributed by atoms with E-state index in [1.54, 1.807) is 12.4 Å². The van der Waals surface area contributed by atoms with E-state index in [-0.39, 0.29) is 0 Å². The normalized spacial score (nSPS) is 11.4. The molecule has 3 heterocycles. The van der Waals surface area contributed by atoms with Gasteiger partial charge in [0.2, 0.25) is 0 Å². The number of imidazole rings is 1. The highest BCUT2D eigenvalue weighted by Crippen LogP contribution is 2.31. The number of rotatable bonds is 1. The molecule has 4 aromatic rings. The Balaban J connectivity index is 2.16. The number of halogens is 1. The lowest BCUT2D eigenvalue weighted by Gasteiger charge is -2.02. The van der Waals surface area contributed by atoms with E-state index in [9.17, 15) is 0 Å². The van der Waals surface area contributed by atoms with E-state index in [2.05, 4.69) is 15.0 Å². The summed E-state index contributed by atoms with van der Waals surface area (Å²) < 4.78 is 5.43. The van der Waals surface area contributed by atoms with Crippen molar-refractivity contribution in [2.75, 3.05) is 0 Å². The van der Waals surface area contributed by atoms with Crippen molar-refractivity contribution in [2.24, 2.45) is 0 Å². The SMILES string of the molecule is Clc1coc(-c2nc3ccccc3c3nc[nH]c23)c1. The number of nitrogens with zero attached hydrogens (tertiary/aromatic N) is 2. The molecule has 0 radical (unpaired) electrons. The summed E-state index contributed by atoms with van der Waals surface area (Å²) in [5.41, 5.74) is 3.33. The number of pyridine rings is 1. The minimum atomic E-state index is 0.553. The minimum Gasteiger partial charge on any atom is -0.461 e. The second-order valence-electron chi connectivity index (χ2n) is 4.23. The highest BCUT2D eigenvalue weighted by atomic mass is 35.5. The molecule has 1 N–H and O–H groups in total. The van der Waals surface area contributed by atoms with E-state index in [1.807, 2.05) is 24.3 Å². The Morgan fingerprint density at radius 2 is 2.11 bits per heavy atom. The number of hydrogen-bond acceptors (Lipinski definition) is 3. The van der Waals surface area contributed by atoms with Gasteiger partial charge < -0.3 is 9.40 Å². The van der Waals surface area contributed by atoms with Crippen LogP contribution in [0.2, 0.25) is 5.02 Å². The van der Waals surface area contributed by atoms with Crippen LogP contribution in [0.4, 0.5) is 0 Å². The number of hydrogen-bond donors (Lipinski definition) is 1. The van der Waals surface area contributed by atoms with Crippen LogP contribution in [-0.4, -0.2) is 15.0 Å². The maximum absolute atomic E-state index is 5.91.